The van der Waals surface area contributed by atoms with Crippen molar-refractivity contribution >= 4 is 16.5 Å². The van der Waals surface area contributed by atoms with E-state index in [1.54, 1.807) is 0 Å². The summed E-state index contributed by atoms with van der Waals surface area (Å²) < 4.78 is 7.99. The van der Waals surface area contributed by atoms with Gasteiger partial charge in [0.2, 0.25) is 0 Å². The lowest BCUT2D eigenvalue weighted by atomic mass is 9.97. The Bertz CT molecular complexity index is 1050. The molecular formula is C26H36N4O. The number of rotatable bonds is 7. The summed E-state index contributed by atoms with van der Waals surface area (Å²) in [6.45, 7) is 15.0. The zero-order valence-electron chi connectivity index (χ0n) is 19.6. The van der Waals surface area contributed by atoms with Crippen molar-refractivity contribution in [1.29, 1.82) is 0 Å². The van der Waals surface area contributed by atoms with E-state index in [4.69, 9.17) is 4.74 Å². The van der Waals surface area contributed by atoms with E-state index in [2.05, 4.69) is 84.9 Å². The molecule has 0 aliphatic carbocycles. The van der Waals surface area contributed by atoms with Gasteiger partial charge in [-0.25, -0.2) is 0 Å². The van der Waals surface area contributed by atoms with Crippen LogP contribution in [0.5, 0.6) is 5.75 Å². The number of hydrogen-bond donors (Lipinski definition) is 1. The number of H-pyrrole nitrogens is 1. The molecular weight excluding hydrogens is 384 g/mol. The topological polar surface area (TPSA) is 46.1 Å². The number of benzene rings is 1. The van der Waals surface area contributed by atoms with Crippen LogP contribution in [0.25, 0.3) is 16.5 Å². The van der Waals surface area contributed by atoms with Crippen LogP contribution in [-0.4, -0.2) is 45.4 Å². The summed E-state index contributed by atoms with van der Waals surface area (Å²) in [7, 11) is 0. The maximum Gasteiger partial charge on any atom is 0.120 e. The molecule has 0 atom stereocenters. The van der Waals surface area contributed by atoms with E-state index in [0.717, 1.165) is 44.8 Å². The lowest BCUT2D eigenvalue weighted by Crippen LogP contribution is -2.30. The van der Waals surface area contributed by atoms with Gasteiger partial charge in [-0.1, -0.05) is 26.8 Å². The van der Waals surface area contributed by atoms with E-state index in [1.807, 2.05) is 12.3 Å². The van der Waals surface area contributed by atoms with Crippen LogP contribution >= 0.6 is 0 Å². The molecule has 0 unspecified atom stereocenters. The number of fused-ring (bicyclic) bond motifs is 1. The Kier molecular flexibility index (Phi) is 6.24. The van der Waals surface area contributed by atoms with Gasteiger partial charge in [-0.05, 0) is 61.4 Å². The van der Waals surface area contributed by atoms with Crippen molar-refractivity contribution in [3.63, 3.8) is 0 Å². The molecule has 4 rings (SSSR count). The van der Waals surface area contributed by atoms with Crippen LogP contribution in [0.4, 0.5) is 0 Å². The maximum absolute atomic E-state index is 5.90. The highest BCUT2D eigenvalue weighted by Gasteiger charge is 2.17. The second-order valence-electron chi connectivity index (χ2n) is 10.2. The number of aromatic amines is 1. The molecule has 3 aromatic rings. The van der Waals surface area contributed by atoms with Gasteiger partial charge in [0.05, 0.1) is 12.3 Å². The fourth-order valence-electron chi connectivity index (χ4n) is 4.26. The largest absolute Gasteiger partial charge is 0.491 e. The molecule has 1 aromatic carbocycles. The highest BCUT2D eigenvalue weighted by atomic mass is 16.5. The predicted octanol–water partition coefficient (Wildman–Crippen LogP) is 5.53. The predicted molar refractivity (Wildman–Crippen MR) is 128 cm³/mol. The third kappa shape index (κ3) is 5.59. The molecule has 5 nitrogen and oxygen atoms in total. The second-order valence-corrected chi connectivity index (χ2v) is 10.2. The lowest BCUT2D eigenvalue weighted by molar-refractivity contribution is 0.243. The van der Waals surface area contributed by atoms with Crippen LogP contribution < -0.4 is 4.74 Å². The third-order valence-electron chi connectivity index (χ3n) is 5.70. The Hall–Kier alpha value is -2.53. The van der Waals surface area contributed by atoms with E-state index in [1.165, 1.54) is 27.6 Å². The standard InChI is InChI=1S/C26H36N4O/c1-19(2)31-22-6-7-25-23(14-22)24(16-27-25)21-9-12-29(13-10-21)11-8-20-15-28-30(17-20)18-26(3,4)5/h6-7,9,14-17,19,27H,8,10-13,18H2,1-5H3. The first kappa shape index (κ1) is 21.7. The Morgan fingerprint density at radius 1 is 1.23 bits per heavy atom. The Labute approximate surface area is 186 Å². The van der Waals surface area contributed by atoms with E-state index < -0.39 is 0 Å². The average Bonchev–Trinajstić information content (AvgIpc) is 3.31. The number of nitrogens with zero attached hydrogens (tertiary/aromatic N) is 3. The summed E-state index contributed by atoms with van der Waals surface area (Å²) in [5, 5.41) is 5.79. The molecule has 0 saturated heterocycles. The van der Waals surface area contributed by atoms with Gasteiger partial charge in [-0.15, -0.1) is 0 Å². The van der Waals surface area contributed by atoms with Gasteiger partial charge in [-0.2, -0.15) is 5.10 Å². The Morgan fingerprint density at radius 3 is 2.77 bits per heavy atom. The Balaban J connectivity index is 1.37. The number of nitrogens with one attached hydrogen (secondary N) is 1. The SMILES string of the molecule is CC(C)Oc1ccc2[nH]cc(C3=CCN(CCc4cnn(CC(C)(C)C)c4)CC3)c2c1. The quantitative estimate of drug-likeness (QED) is 0.547. The fraction of sp³-hybridized carbons (Fsp3) is 0.500. The molecule has 1 aliphatic heterocycles. The summed E-state index contributed by atoms with van der Waals surface area (Å²) in [5.41, 5.74) is 5.49. The summed E-state index contributed by atoms with van der Waals surface area (Å²) in [5.74, 6) is 0.938. The van der Waals surface area contributed by atoms with Crippen molar-refractivity contribution < 1.29 is 4.74 Å². The molecule has 2 aromatic heterocycles. The normalized spacial score (nSPS) is 15.6. The molecule has 1 N–H and O–H groups in total. The number of aromatic nitrogens is 3. The van der Waals surface area contributed by atoms with Gasteiger partial charge in [0.25, 0.3) is 0 Å². The average molecular weight is 421 g/mol. The minimum Gasteiger partial charge on any atom is -0.491 e. The van der Waals surface area contributed by atoms with Gasteiger partial charge >= 0.3 is 0 Å². The maximum atomic E-state index is 5.90. The van der Waals surface area contributed by atoms with E-state index in [-0.39, 0.29) is 11.5 Å². The Morgan fingerprint density at radius 2 is 2.06 bits per heavy atom. The van der Waals surface area contributed by atoms with Crippen LogP contribution in [0.15, 0.2) is 42.9 Å². The summed E-state index contributed by atoms with van der Waals surface area (Å²) in [4.78, 5) is 5.96. The van der Waals surface area contributed by atoms with Crippen molar-refractivity contribution in [3.8, 4) is 5.75 Å². The second kappa shape index (κ2) is 8.91. The molecule has 31 heavy (non-hydrogen) atoms. The molecule has 3 heterocycles. The first-order valence-electron chi connectivity index (χ1n) is 11.5. The summed E-state index contributed by atoms with van der Waals surface area (Å²) in [6.07, 6.45) is 11.1. The highest BCUT2D eigenvalue weighted by molar-refractivity contribution is 5.93. The zero-order chi connectivity index (χ0) is 22.0. The molecule has 5 heteroatoms. The van der Waals surface area contributed by atoms with Crippen LogP contribution in [0.3, 0.4) is 0 Å². The first-order valence-corrected chi connectivity index (χ1v) is 11.5. The van der Waals surface area contributed by atoms with Crippen LogP contribution in [0.1, 0.15) is 52.2 Å². The minimum absolute atomic E-state index is 0.183. The highest BCUT2D eigenvalue weighted by Crippen LogP contribution is 2.32. The number of hydrogen-bond acceptors (Lipinski definition) is 3. The molecule has 0 radical (unpaired) electrons. The van der Waals surface area contributed by atoms with E-state index in [0.29, 0.717) is 0 Å². The van der Waals surface area contributed by atoms with E-state index in [9.17, 15) is 0 Å². The molecule has 1 aliphatic rings. The van der Waals surface area contributed by atoms with Crippen LogP contribution in [0, 0.1) is 5.41 Å². The van der Waals surface area contributed by atoms with Crippen molar-refractivity contribution in [2.24, 2.45) is 5.41 Å². The molecule has 0 fully saturated rings. The first-order chi connectivity index (χ1) is 14.8. The molecule has 0 bridgehead atoms. The minimum atomic E-state index is 0.183. The van der Waals surface area contributed by atoms with Crippen molar-refractivity contribution in [2.75, 3.05) is 19.6 Å². The molecule has 0 saturated carbocycles. The smallest absolute Gasteiger partial charge is 0.120 e. The van der Waals surface area contributed by atoms with Crippen molar-refractivity contribution in [2.45, 2.75) is 60.1 Å². The van der Waals surface area contributed by atoms with Gasteiger partial charge in [0, 0.05) is 55.0 Å². The van der Waals surface area contributed by atoms with Gasteiger partial charge < -0.3 is 9.72 Å². The third-order valence-corrected chi connectivity index (χ3v) is 5.70. The molecule has 0 spiro atoms. The summed E-state index contributed by atoms with van der Waals surface area (Å²) >= 11 is 0. The van der Waals surface area contributed by atoms with Crippen LogP contribution in [-0.2, 0) is 13.0 Å². The fourth-order valence-corrected chi connectivity index (χ4v) is 4.26. The van der Waals surface area contributed by atoms with Crippen molar-refractivity contribution in [1.82, 2.24) is 19.7 Å². The lowest BCUT2D eigenvalue weighted by Gasteiger charge is -2.26. The molecule has 0 amide bonds. The van der Waals surface area contributed by atoms with Crippen molar-refractivity contribution in [3.05, 3.63) is 54.0 Å². The van der Waals surface area contributed by atoms with E-state index >= 15 is 0 Å². The molecule has 166 valence electrons. The number of ether oxygens (including phenoxy) is 1. The zero-order valence-corrected chi connectivity index (χ0v) is 19.6. The monoisotopic (exact) mass is 420 g/mol. The summed E-state index contributed by atoms with van der Waals surface area (Å²) in [6, 6.07) is 6.33. The van der Waals surface area contributed by atoms with Gasteiger partial charge in [0.15, 0.2) is 0 Å². The van der Waals surface area contributed by atoms with Crippen LogP contribution in [0.2, 0.25) is 0 Å². The van der Waals surface area contributed by atoms with Gasteiger partial charge in [-0.3, -0.25) is 9.58 Å². The van der Waals surface area contributed by atoms with Gasteiger partial charge in [0.1, 0.15) is 5.75 Å².